The van der Waals surface area contributed by atoms with E-state index in [0.717, 1.165) is 0 Å². The zero-order chi connectivity index (χ0) is 11.4. The second-order valence-electron chi connectivity index (χ2n) is 3.41. The number of rotatable bonds is 4. The molecule has 0 saturated carbocycles. The molecule has 1 aromatic heterocycles. The molecule has 2 aromatic rings. The highest BCUT2D eigenvalue weighted by Gasteiger charge is 2.09. The Morgan fingerprint density at radius 3 is 2.88 bits per heavy atom. The van der Waals surface area contributed by atoms with Gasteiger partial charge in [-0.1, -0.05) is 12.1 Å². The normalized spacial score (nSPS) is 10.1. The van der Waals surface area contributed by atoms with Crippen molar-refractivity contribution in [3.05, 3.63) is 54.0 Å². The molecule has 0 amide bonds. The highest BCUT2D eigenvalue weighted by molar-refractivity contribution is 5.97. The zero-order valence-electron chi connectivity index (χ0n) is 8.97. The Balaban J connectivity index is 2.14. The Labute approximate surface area is 93.7 Å². The van der Waals surface area contributed by atoms with E-state index in [2.05, 4.69) is 0 Å². The van der Waals surface area contributed by atoms with Crippen molar-refractivity contribution in [2.75, 3.05) is 7.11 Å². The predicted octanol–water partition coefficient (Wildman–Crippen LogP) is 2.71. The van der Waals surface area contributed by atoms with Gasteiger partial charge in [0.15, 0.2) is 5.78 Å². The molecule has 0 saturated heterocycles. The molecule has 0 unspecified atom stereocenters. The van der Waals surface area contributed by atoms with E-state index in [4.69, 9.17) is 9.15 Å². The largest absolute Gasteiger partial charge is 0.497 e. The summed E-state index contributed by atoms with van der Waals surface area (Å²) in [4.78, 5) is 11.9. The lowest BCUT2D eigenvalue weighted by atomic mass is 10.1. The van der Waals surface area contributed by atoms with E-state index >= 15 is 0 Å². The standard InChI is InChI=1S/C13H12O3/c1-15-11-5-2-4-10(8-11)13(14)9-12-6-3-7-16-12/h2-8H,9H2,1H3. The quantitative estimate of drug-likeness (QED) is 0.737. The predicted molar refractivity (Wildman–Crippen MR) is 59.7 cm³/mol. The van der Waals surface area contributed by atoms with Crippen LogP contribution >= 0.6 is 0 Å². The van der Waals surface area contributed by atoms with Crippen LogP contribution in [0.3, 0.4) is 0 Å². The summed E-state index contributed by atoms with van der Waals surface area (Å²) in [5, 5.41) is 0. The van der Waals surface area contributed by atoms with Crippen LogP contribution in [0.4, 0.5) is 0 Å². The van der Waals surface area contributed by atoms with Gasteiger partial charge >= 0.3 is 0 Å². The lowest BCUT2D eigenvalue weighted by Gasteiger charge is -2.02. The molecule has 0 fully saturated rings. The summed E-state index contributed by atoms with van der Waals surface area (Å²) in [6, 6.07) is 10.7. The van der Waals surface area contributed by atoms with E-state index in [1.165, 1.54) is 0 Å². The van der Waals surface area contributed by atoms with E-state index in [9.17, 15) is 4.79 Å². The molecule has 3 nitrogen and oxygen atoms in total. The first-order valence-corrected chi connectivity index (χ1v) is 4.99. The third-order valence-electron chi connectivity index (χ3n) is 2.31. The van der Waals surface area contributed by atoms with E-state index in [1.54, 1.807) is 43.7 Å². The summed E-state index contributed by atoms with van der Waals surface area (Å²) in [6.07, 6.45) is 1.84. The number of benzene rings is 1. The average Bonchev–Trinajstić information content (AvgIpc) is 2.82. The molecule has 0 bridgehead atoms. The number of hydrogen-bond donors (Lipinski definition) is 0. The van der Waals surface area contributed by atoms with Crippen LogP contribution in [0, 0.1) is 0 Å². The molecule has 0 aliphatic rings. The maximum atomic E-state index is 11.9. The third kappa shape index (κ3) is 2.31. The van der Waals surface area contributed by atoms with Crippen LogP contribution in [-0.4, -0.2) is 12.9 Å². The van der Waals surface area contributed by atoms with Gasteiger partial charge in [-0.3, -0.25) is 4.79 Å². The highest BCUT2D eigenvalue weighted by atomic mass is 16.5. The van der Waals surface area contributed by atoms with Gasteiger partial charge in [-0.25, -0.2) is 0 Å². The average molecular weight is 216 g/mol. The van der Waals surface area contributed by atoms with Crippen LogP contribution in [0.15, 0.2) is 47.1 Å². The summed E-state index contributed by atoms with van der Waals surface area (Å²) in [5.41, 5.74) is 0.635. The van der Waals surface area contributed by atoms with E-state index < -0.39 is 0 Å². The number of ether oxygens (including phenoxy) is 1. The van der Waals surface area contributed by atoms with Crippen LogP contribution in [0.1, 0.15) is 16.1 Å². The Bertz CT molecular complexity index is 472. The number of Topliss-reactive ketones (excluding diaryl/α,β-unsaturated/α-hetero) is 1. The lowest BCUT2D eigenvalue weighted by molar-refractivity contribution is 0.0986. The van der Waals surface area contributed by atoms with Gasteiger partial charge in [-0.15, -0.1) is 0 Å². The molecule has 1 aromatic carbocycles. The first kappa shape index (κ1) is 10.5. The maximum Gasteiger partial charge on any atom is 0.170 e. The van der Waals surface area contributed by atoms with Crippen LogP contribution in [-0.2, 0) is 6.42 Å². The SMILES string of the molecule is COc1cccc(C(=O)Cc2ccco2)c1. The summed E-state index contributed by atoms with van der Waals surface area (Å²) in [7, 11) is 1.58. The van der Waals surface area contributed by atoms with Gasteiger partial charge < -0.3 is 9.15 Å². The Morgan fingerprint density at radius 2 is 2.19 bits per heavy atom. The second-order valence-corrected chi connectivity index (χ2v) is 3.41. The van der Waals surface area contributed by atoms with Gasteiger partial charge in [-0.05, 0) is 24.3 Å². The fourth-order valence-electron chi connectivity index (χ4n) is 1.47. The van der Waals surface area contributed by atoms with Gasteiger partial charge in [0.1, 0.15) is 11.5 Å². The highest BCUT2D eigenvalue weighted by Crippen LogP contribution is 2.14. The molecular formula is C13H12O3. The minimum absolute atomic E-state index is 0.0221. The first-order chi connectivity index (χ1) is 7.79. The van der Waals surface area contributed by atoms with Crippen molar-refractivity contribution in [3.63, 3.8) is 0 Å². The van der Waals surface area contributed by atoms with E-state index in [-0.39, 0.29) is 12.2 Å². The zero-order valence-corrected chi connectivity index (χ0v) is 8.97. The summed E-state index contributed by atoms with van der Waals surface area (Å²) in [6.45, 7) is 0. The van der Waals surface area contributed by atoms with Crippen LogP contribution < -0.4 is 4.74 Å². The Hall–Kier alpha value is -2.03. The van der Waals surface area contributed by atoms with E-state index in [0.29, 0.717) is 17.1 Å². The molecule has 0 aliphatic heterocycles. The molecule has 0 N–H and O–H groups in total. The molecule has 2 rings (SSSR count). The van der Waals surface area contributed by atoms with Crippen molar-refractivity contribution < 1.29 is 13.9 Å². The summed E-state index contributed by atoms with van der Waals surface area (Å²) < 4.78 is 10.2. The van der Waals surface area contributed by atoms with Crippen molar-refractivity contribution in [2.24, 2.45) is 0 Å². The molecule has 0 atom stereocenters. The number of methoxy groups -OCH3 is 1. The fourth-order valence-corrected chi connectivity index (χ4v) is 1.47. The van der Waals surface area contributed by atoms with Gasteiger partial charge in [0.05, 0.1) is 19.8 Å². The first-order valence-electron chi connectivity index (χ1n) is 4.99. The van der Waals surface area contributed by atoms with Crippen LogP contribution in [0.2, 0.25) is 0 Å². The molecular weight excluding hydrogens is 204 g/mol. The summed E-state index contributed by atoms with van der Waals surface area (Å²) >= 11 is 0. The number of furan rings is 1. The van der Waals surface area contributed by atoms with Gasteiger partial charge in [-0.2, -0.15) is 0 Å². The smallest absolute Gasteiger partial charge is 0.170 e. The topological polar surface area (TPSA) is 39.4 Å². The number of carbonyl (C=O) groups excluding carboxylic acids is 1. The molecule has 3 heteroatoms. The summed E-state index contributed by atoms with van der Waals surface area (Å²) in [5.74, 6) is 1.38. The second kappa shape index (κ2) is 4.66. The number of ketones is 1. The molecule has 0 aliphatic carbocycles. The molecule has 0 spiro atoms. The molecule has 0 radical (unpaired) electrons. The van der Waals surface area contributed by atoms with Crippen molar-refractivity contribution in [1.82, 2.24) is 0 Å². The molecule has 16 heavy (non-hydrogen) atoms. The number of hydrogen-bond acceptors (Lipinski definition) is 3. The van der Waals surface area contributed by atoms with Crippen molar-refractivity contribution in [1.29, 1.82) is 0 Å². The Morgan fingerprint density at radius 1 is 1.31 bits per heavy atom. The lowest BCUT2D eigenvalue weighted by Crippen LogP contribution is -2.02. The van der Waals surface area contributed by atoms with Crippen molar-refractivity contribution in [2.45, 2.75) is 6.42 Å². The Kier molecular flexibility index (Phi) is 3.05. The third-order valence-corrected chi connectivity index (χ3v) is 2.31. The molecule has 1 heterocycles. The van der Waals surface area contributed by atoms with Crippen molar-refractivity contribution >= 4 is 5.78 Å². The van der Waals surface area contributed by atoms with Crippen LogP contribution in [0.25, 0.3) is 0 Å². The number of carbonyl (C=O) groups is 1. The van der Waals surface area contributed by atoms with Gasteiger partial charge in [0.25, 0.3) is 0 Å². The van der Waals surface area contributed by atoms with E-state index in [1.807, 2.05) is 6.07 Å². The minimum Gasteiger partial charge on any atom is -0.497 e. The maximum absolute atomic E-state index is 11.9. The monoisotopic (exact) mass is 216 g/mol. The van der Waals surface area contributed by atoms with Crippen molar-refractivity contribution in [3.8, 4) is 5.75 Å². The molecule has 82 valence electrons. The fraction of sp³-hybridized carbons (Fsp3) is 0.154. The minimum atomic E-state index is 0.0221. The van der Waals surface area contributed by atoms with Crippen LogP contribution in [0.5, 0.6) is 5.75 Å². The van der Waals surface area contributed by atoms with Gasteiger partial charge in [0.2, 0.25) is 0 Å². The van der Waals surface area contributed by atoms with Gasteiger partial charge in [0, 0.05) is 5.56 Å².